The van der Waals surface area contributed by atoms with Crippen molar-refractivity contribution in [2.45, 2.75) is 12.8 Å². The molecule has 0 amide bonds. The van der Waals surface area contributed by atoms with Gasteiger partial charge < -0.3 is 4.90 Å². The Hall–Kier alpha value is -0.960. The zero-order valence-electron chi connectivity index (χ0n) is 8.72. The van der Waals surface area contributed by atoms with Gasteiger partial charge in [-0.2, -0.15) is 0 Å². The minimum atomic E-state index is -0.786. The average Bonchev–Trinajstić information content (AvgIpc) is 2.08. The van der Waals surface area contributed by atoms with Crippen LogP contribution in [0.3, 0.4) is 0 Å². The summed E-state index contributed by atoms with van der Waals surface area (Å²) in [5.41, 5.74) is 0.831. The van der Waals surface area contributed by atoms with Crippen molar-refractivity contribution in [3.8, 4) is 0 Å². The molecule has 0 aliphatic rings. The SMILES string of the molecule is CC(CN(C)C)c1ccc(F)c(F)c1. The Kier molecular flexibility index (Phi) is 3.58. The van der Waals surface area contributed by atoms with E-state index in [0.29, 0.717) is 0 Å². The molecule has 14 heavy (non-hydrogen) atoms. The van der Waals surface area contributed by atoms with Crippen LogP contribution in [0.15, 0.2) is 18.2 Å². The Morgan fingerprint density at radius 3 is 2.36 bits per heavy atom. The molecule has 0 bridgehead atoms. The molecule has 0 heterocycles. The lowest BCUT2D eigenvalue weighted by atomic mass is 10.0. The molecule has 1 unspecified atom stereocenters. The van der Waals surface area contributed by atoms with E-state index in [9.17, 15) is 8.78 Å². The third kappa shape index (κ3) is 2.77. The van der Waals surface area contributed by atoms with E-state index in [1.54, 1.807) is 6.07 Å². The molecule has 0 fully saturated rings. The zero-order chi connectivity index (χ0) is 10.7. The highest BCUT2D eigenvalue weighted by molar-refractivity contribution is 5.21. The summed E-state index contributed by atoms with van der Waals surface area (Å²) in [6, 6.07) is 4.08. The Balaban J connectivity index is 2.80. The second-order valence-electron chi connectivity index (χ2n) is 3.84. The Morgan fingerprint density at radius 2 is 1.86 bits per heavy atom. The first-order valence-corrected chi connectivity index (χ1v) is 4.60. The van der Waals surface area contributed by atoms with Gasteiger partial charge in [0.25, 0.3) is 0 Å². The van der Waals surface area contributed by atoms with Crippen molar-refractivity contribution >= 4 is 0 Å². The molecule has 0 N–H and O–H groups in total. The van der Waals surface area contributed by atoms with Gasteiger partial charge in [0.1, 0.15) is 0 Å². The molecule has 0 saturated carbocycles. The van der Waals surface area contributed by atoms with E-state index in [1.807, 2.05) is 25.9 Å². The van der Waals surface area contributed by atoms with E-state index >= 15 is 0 Å². The van der Waals surface area contributed by atoms with E-state index in [1.165, 1.54) is 12.1 Å². The summed E-state index contributed by atoms with van der Waals surface area (Å²) in [6.07, 6.45) is 0. The first-order chi connectivity index (χ1) is 6.50. The number of hydrogen-bond acceptors (Lipinski definition) is 1. The number of hydrogen-bond donors (Lipinski definition) is 0. The molecule has 0 aromatic heterocycles. The molecule has 1 atom stereocenters. The topological polar surface area (TPSA) is 3.24 Å². The van der Waals surface area contributed by atoms with Crippen LogP contribution < -0.4 is 0 Å². The average molecular weight is 199 g/mol. The quantitative estimate of drug-likeness (QED) is 0.723. The van der Waals surface area contributed by atoms with Gasteiger partial charge in [-0.15, -0.1) is 0 Å². The molecule has 1 aromatic rings. The fourth-order valence-corrected chi connectivity index (χ4v) is 1.47. The van der Waals surface area contributed by atoms with Crippen LogP contribution in [-0.2, 0) is 0 Å². The predicted molar refractivity (Wildman–Crippen MR) is 53.3 cm³/mol. The molecule has 0 aliphatic heterocycles. The predicted octanol–water partition coefficient (Wildman–Crippen LogP) is 2.63. The van der Waals surface area contributed by atoms with Gasteiger partial charge in [0.05, 0.1) is 0 Å². The number of nitrogens with zero attached hydrogens (tertiary/aromatic N) is 1. The van der Waals surface area contributed by atoms with Crippen LogP contribution in [-0.4, -0.2) is 25.5 Å². The highest BCUT2D eigenvalue weighted by Crippen LogP contribution is 2.18. The summed E-state index contributed by atoms with van der Waals surface area (Å²) in [5, 5.41) is 0. The Labute approximate surface area is 83.3 Å². The van der Waals surface area contributed by atoms with Gasteiger partial charge in [-0.1, -0.05) is 13.0 Å². The van der Waals surface area contributed by atoms with E-state index in [0.717, 1.165) is 12.1 Å². The number of halogens is 2. The molecule has 0 spiro atoms. The maximum absolute atomic E-state index is 12.9. The van der Waals surface area contributed by atoms with E-state index < -0.39 is 11.6 Å². The van der Waals surface area contributed by atoms with Crippen molar-refractivity contribution in [1.29, 1.82) is 0 Å². The Bertz CT molecular complexity index is 310. The van der Waals surface area contributed by atoms with Crippen LogP contribution in [0.4, 0.5) is 8.78 Å². The largest absolute Gasteiger partial charge is 0.309 e. The molecule has 1 rings (SSSR count). The van der Waals surface area contributed by atoms with Crippen LogP contribution in [0.2, 0.25) is 0 Å². The van der Waals surface area contributed by atoms with Crippen molar-refractivity contribution in [1.82, 2.24) is 4.90 Å². The highest BCUT2D eigenvalue weighted by Gasteiger charge is 2.09. The molecule has 1 aromatic carbocycles. The van der Waals surface area contributed by atoms with Crippen molar-refractivity contribution in [3.05, 3.63) is 35.4 Å². The lowest BCUT2D eigenvalue weighted by Gasteiger charge is -2.17. The zero-order valence-corrected chi connectivity index (χ0v) is 8.72. The normalized spacial score (nSPS) is 13.3. The summed E-state index contributed by atoms with van der Waals surface area (Å²) >= 11 is 0. The summed E-state index contributed by atoms with van der Waals surface area (Å²) in [5.74, 6) is -1.35. The summed E-state index contributed by atoms with van der Waals surface area (Å²) in [6.45, 7) is 2.82. The smallest absolute Gasteiger partial charge is 0.159 e. The highest BCUT2D eigenvalue weighted by atomic mass is 19.2. The third-order valence-electron chi connectivity index (χ3n) is 2.15. The standard InChI is InChI=1S/C11H15F2N/c1-8(7-14(2)3)9-4-5-10(12)11(13)6-9/h4-6,8H,7H2,1-3H3. The van der Waals surface area contributed by atoms with Crippen molar-refractivity contribution in [2.24, 2.45) is 0 Å². The lowest BCUT2D eigenvalue weighted by molar-refractivity contribution is 0.382. The number of benzene rings is 1. The van der Waals surface area contributed by atoms with Gasteiger partial charge in [-0.05, 0) is 37.7 Å². The van der Waals surface area contributed by atoms with Crippen LogP contribution in [0, 0.1) is 11.6 Å². The number of likely N-dealkylation sites (N-methyl/N-ethyl adjacent to an activating group) is 1. The van der Waals surface area contributed by atoms with E-state index in [4.69, 9.17) is 0 Å². The monoisotopic (exact) mass is 199 g/mol. The maximum atomic E-state index is 12.9. The third-order valence-corrected chi connectivity index (χ3v) is 2.15. The first kappa shape index (κ1) is 11.1. The molecule has 0 saturated heterocycles. The van der Waals surface area contributed by atoms with Crippen molar-refractivity contribution in [2.75, 3.05) is 20.6 Å². The van der Waals surface area contributed by atoms with Gasteiger partial charge in [-0.3, -0.25) is 0 Å². The first-order valence-electron chi connectivity index (χ1n) is 4.60. The van der Waals surface area contributed by atoms with E-state index in [-0.39, 0.29) is 5.92 Å². The second kappa shape index (κ2) is 4.51. The van der Waals surface area contributed by atoms with Crippen molar-refractivity contribution in [3.63, 3.8) is 0 Å². The minimum absolute atomic E-state index is 0.208. The molecular weight excluding hydrogens is 184 g/mol. The maximum Gasteiger partial charge on any atom is 0.159 e. The van der Waals surface area contributed by atoms with Gasteiger partial charge in [0, 0.05) is 6.54 Å². The summed E-state index contributed by atoms with van der Waals surface area (Å²) in [7, 11) is 3.91. The van der Waals surface area contributed by atoms with Gasteiger partial charge in [-0.25, -0.2) is 8.78 Å². The van der Waals surface area contributed by atoms with Gasteiger partial charge in [0.15, 0.2) is 11.6 Å². The Morgan fingerprint density at radius 1 is 1.21 bits per heavy atom. The van der Waals surface area contributed by atoms with Crippen LogP contribution in [0.5, 0.6) is 0 Å². The van der Waals surface area contributed by atoms with E-state index in [2.05, 4.69) is 0 Å². The van der Waals surface area contributed by atoms with Crippen LogP contribution in [0.25, 0.3) is 0 Å². The molecular formula is C11H15F2N. The second-order valence-corrected chi connectivity index (χ2v) is 3.84. The molecule has 78 valence electrons. The molecule has 0 aliphatic carbocycles. The minimum Gasteiger partial charge on any atom is -0.309 e. The molecule has 0 radical (unpaired) electrons. The fourth-order valence-electron chi connectivity index (χ4n) is 1.47. The van der Waals surface area contributed by atoms with Gasteiger partial charge in [0.2, 0.25) is 0 Å². The van der Waals surface area contributed by atoms with Crippen LogP contribution >= 0.6 is 0 Å². The summed E-state index contributed by atoms with van der Waals surface area (Å²) in [4.78, 5) is 2.02. The molecule has 1 nitrogen and oxygen atoms in total. The summed E-state index contributed by atoms with van der Waals surface area (Å²) < 4.78 is 25.5. The van der Waals surface area contributed by atoms with Gasteiger partial charge >= 0.3 is 0 Å². The van der Waals surface area contributed by atoms with Crippen LogP contribution in [0.1, 0.15) is 18.4 Å². The number of rotatable bonds is 3. The van der Waals surface area contributed by atoms with Crippen molar-refractivity contribution < 1.29 is 8.78 Å². The lowest BCUT2D eigenvalue weighted by Crippen LogP contribution is -2.18. The molecule has 3 heteroatoms. The fraction of sp³-hybridized carbons (Fsp3) is 0.455.